The van der Waals surface area contributed by atoms with E-state index in [0.717, 1.165) is 28.0 Å². The Labute approximate surface area is 126 Å². The third-order valence-electron chi connectivity index (χ3n) is 3.34. The molecule has 0 spiro atoms. The highest BCUT2D eigenvalue weighted by atomic mass is 79.9. The fourth-order valence-corrected chi connectivity index (χ4v) is 2.67. The molecule has 0 aliphatic carbocycles. The number of aliphatic hydroxyl groups excluding tert-OH is 1. The number of hydrogen-bond donors (Lipinski definition) is 1. The molecule has 3 nitrogen and oxygen atoms in total. The van der Waals surface area contributed by atoms with E-state index >= 15 is 0 Å². The SMILES string of the molecule is OCc1cc(OCC2Cc3ccccc3O2)ccc1Br. The number of fused-ring (bicyclic) bond motifs is 1. The van der Waals surface area contributed by atoms with Crippen LogP contribution in [0.5, 0.6) is 11.5 Å². The van der Waals surface area contributed by atoms with Gasteiger partial charge in [0.05, 0.1) is 6.61 Å². The molecule has 2 aromatic rings. The van der Waals surface area contributed by atoms with E-state index in [4.69, 9.17) is 9.47 Å². The number of halogens is 1. The Morgan fingerprint density at radius 1 is 1.25 bits per heavy atom. The molecule has 1 N–H and O–H groups in total. The molecule has 2 aromatic carbocycles. The molecule has 0 bridgehead atoms. The van der Waals surface area contributed by atoms with Gasteiger partial charge in [0.15, 0.2) is 0 Å². The number of aliphatic hydroxyl groups is 1. The highest BCUT2D eigenvalue weighted by molar-refractivity contribution is 9.10. The third-order valence-corrected chi connectivity index (χ3v) is 4.11. The molecule has 0 radical (unpaired) electrons. The Hall–Kier alpha value is -1.52. The molecule has 0 fully saturated rings. The van der Waals surface area contributed by atoms with Gasteiger partial charge in [-0.3, -0.25) is 0 Å². The molecule has 20 heavy (non-hydrogen) atoms. The largest absolute Gasteiger partial charge is 0.490 e. The molecule has 4 heteroatoms. The lowest BCUT2D eigenvalue weighted by Crippen LogP contribution is -2.22. The zero-order valence-electron chi connectivity index (χ0n) is 10.9. The summed E-state index contributed by atoms with van der Waals surface area (Å²) in [6, 6.07) is 13.7. The van der Waals surface area contributed by atoms with Gasteiger partial charge in [0.2, 0.25) is 0 Å². The van der Waals surface area contributed by atoms with Gasteiger partial charge in [0.25, 0.3) is 0 Å². The monoisotopic (exact) mass is 334 g/mol. The summed E-state index contributed by atoms with van der Waals surface area (Å²) >= 11 is 3.39. The first kappa shape index (κ1) is 13.5. The lowest BCUT2D eigenvalue weighted by Gasteiger charge is -2.13. The maximum absolute atomic E-state index is 9.23. The van der Waals surface area contributed by atoms with Crippen molar-refractivity contribution in [3.05, 3.63) is 58.1 Å². The molecule has 0 amide bonds. The highest BCUT2D eigenvalue weighted by Gasteiger charge is 2.22. The van der Waals surface area contributed by atoms with E-state index < -0.39 is 0 Å². The molecular formula is C16H15BrO3. The molecule has 1 unspecified atom stereocenters. The lowest BCUT2D eigenvalue weighted by atomic mass is 10.1. The quantitative estimate of drug-likeness (QED) is 0.932. The molecule has 3 rings (SSSR count). The first-order valence-electron chi connectivity index (χ1n) is 6.53. The smallest absolute Gasteiger partial charge is 0.137 e. The zero-order valence-corrected chi connectivity index (χ0v) is 12.5. The van der Waals surface area contributed by atoms with Crippen molar-refractivity contribution in [3.8, 4) is 11.5 Å². The van der Waals surface area contributed by atoms with Crippen molar-refractivity contribution in [2.75, 3.05) is 6.61 Å². The third kappa shape index (κ3) is 2.81. The Bertz CT molecular complexity index is 587. The van der Waals surface area contributed by atoms with Crippen LogP contribution in [0.4, 0.5) is 0 Å². The van der Waals surface area contributed by atoms with Crippen LogP contribution >= 0.6 is 15.9 Å². The van der Waals surface area contributed by atoms with E-state index in [9.17, 15) is 5.11 Å². The van der Waals surface area contributed by atoms with Gasteiger partial charge in [-0.25, -0.2) is 0 Å². The lowest BCUT2D eigenvalue weighted by molar-refractivity contribution is 0.148. The van der Waals surface area contributed by atoms with Gasteiger partial charge in [-0.1, -0.05) is 34.1 Å². The number of ether oxygens (including phenoxy) is 2. The summed E-state index contributed by atoms with van der Waals surface area (Å²) in [6.45, 7) is 0.490. The average Bonchev–Trinajstić information content (AvgIpc) is 2.89. The standard InChI is InChI=1S/C16H15BrO3/c17-15-6-5-13(8-12(15)9-18)19-10-14-7-11-3-1-2-4-16(11)20-14/h1-6,8,14,18H,7,9-10H2. The number of rotatable bonds is 4. The minimum absolute atomic E-state index is 0.0108. The van der Waals surface area contributed by atoms with Gasteiger partial charge < -0.3 is 14.6 Å². The van der Waals surface area contributed by atoms with Crippen molar-refractivity contribution in [2.24, 2.45) is 0 Å². The van der Waals surface area contributed by atoms with Crippen LogP contribution in [0.25, 0.3) is 0 Å². The van der Waals surface area contributed by atoms with Crippen LogP contribution in [-0.4, -0.2) is 17.8 Å². The van der Waals surface area contributed by atoms with Crippen LogP contribution in [0.1, 0.15) is 11.1 Å². The van der Waals surface area contributed by atoms with Crippen molar-refractivity contribution >= 4 is 15.9 Å². The normalized spacial score (nSPS) is 16.6. The van der Waals surface area contributed by atoms with Gasteiger partial charge in [0.1, 0.15) is 24.2 Å². The van der Waals surface area contributed by atoms with Crippen molar-refractivity contribution in [2.45, 2.75) is 19.1 Å². The van der Waals surface area contributed by atoms with E-state index in [1.165, 1.54) is 5.56 Å². The first-order chi connectivity index (χ1) is 9.76. The van der Waals surface area contributed by atoms with Gasteiger partial charge in [-0.05, 0) is 35.4 Å². The van der Waals surface area contributed by atoms with E-state index in [1.54, 1.807) is 0 Å². The van der Waals surface area contributed by atoms with Gasteiger partial charge in [-0.2, -0.15) is 0 Å². The summed E-state index contributed by atoms with van der Waals surface area (Å²) < 4.78 is 12.5. The van der Waals surface area contributed by atoms with Gasteiger partial charge in [0, 0.05) is 10.9 Å². The molecule has 104 valence electrons. The fraction of sp³-hybridized carbons (Fsp3) is 0.250. The van der Waals surface area contributed by atoms with Gasteiger partial charge in [-0.15, -0.1) is 0 Å². The van der Waals surface area contributed by atoms with Crippen molar-refractivity contribution in [3.63, 3.8) is 0 Å². The first-order valence-corrected chi connectivity index (χ1v) is 7.32. The molecule has 0 saturated heterocycles. The molecule has 1 atom stereocenters. The number of hydrogen-bond acceptors (Lipinski definition) is 3. The van der Waals surface area contributed by atoms with E-state index in [1.807, 2.05) is 36.4 Å². The summed E-state index contributed by atoms with van der Waals surface area (Å²) in [5.74, 6) is 1.70. The summed E-state index contributed by atoms with van der Waals surface area (Å²) in [7, 11) is 0. The Morgan fingerprint density at radius 3 is 2.90 bits per heavy atom. The number of para-hydroxylation sites is 1. The second-order valence-corrected chi connectivity index (χ2v) is 5.63. The highest BCUT2D eigenvalue weighted by Crippen LogP contribution is 2.29. The maximum atomic E-state index is 9.23. The van der Waals surface area contributed by atoms with E-state index in [-0.39, 0.29) is 12.7 Å². The second kappa shape index (κ2) is 5.85. The Kier molecular flexibility index (Phi) is 3.94. The fourth-order valence-electron chi connectivity index (χ4n) is 2.30. The van der Waals surface area contributed by atoms with E-state index in [2.05, 4.69) is 22.0 Å². The Morgan fingerprint density at radius 2 is 2.10 bits per heavy atom. The van der Waals surface area contributed by atoms with Crippen LogP contribution in [0.15, 0.2) is 46.9 Å². The topological polar surface area (TPSA) is 38.7 Å². The van der Waals surface area contributed by atoms with Crippen molar-refractivity contribution < 1.29 is 14.6 Å². The molecule has 0 aromatic heterocycles. The predicted octanol–water partition coefficient (Wildman–Crippen LogP) is 3.32. The predicted molar refractivity (Wildman–Crippen MR) is 80.1 cm³/mol. The van der Waals surface area contributed by atoms with Crippen LogP contribution in [0.3, 0.4) is 0 Å². The summed E-state index contributed by atoms with van der Waals surface area (Å²) in [5.41, 5.74) is 2.05. The second-order valence-electron chi connectivity index (χ2n) is 4.77. The maximum Gasteiger partial charge on any atom is 0.137 e. The molecule has 1 heterocycles. The minimum atomic E-state index is -0.0108. The average molecular weight is 335 g/mol. The number of benzene rings is 2. The summed E-state index contributed by atoms with van der Waals surface area (Å²) in [6.07, 6.45) is 0.924. The van der Waals surface area contributed by atoms with Crippen molar-refractivity contribution in [1.82, 2.24) is 0 Å². The molecule has 0 saturated carbocycles. The van der Waals surface area contributed by atoms with Crippen LogP contribution in [0, 0.1) is 0 Å². The van der Waals surface area contributed by atoms with Crippen molar-refractivity contribution in [1.29, 1.82) is 0 Å². The Balaban J connectivity index is 1.61. The molecule has 1 aliphatic heterocycles. The van der Waals surface area contributed by atoms with Gasteiger partial charge >= 0.3 is 0 Å². The van der Waals surface area contributed by atoms with Crippen LogP contribution in [-0.2, 0) is 13.0 Å². The summed E-state index contributed by atoms with van der Waals surface area (Å²) in [4.78, 5) is 0. The van der Waals surface area contributed by atoms with E-state index in [0.29, 0.717) is 6.61 Å². The molecular weight excluding hydrogens is 320 g/mol. The summed E-state index contributed by atoms with van der Waals surface area (Å²) in [5, 5.41) is 9.23. The minimum Gasteiger partial charge on any atom is -0.490 e. The van der Waals surface area contributed by atoms with Crippen LogP contribution in [0.2, 0.25) is 0 Å². The zero-order chi connectivity index (χ0) is 13.9. The molecule has 1 aliphatic rings. The van der Waals surface area contributed by atoms with Crippen LogP contribution < -0.4 is 9.47 Å².